The monoisotopic (exact) mass is 282 g/mol. The lowest BCUT2D eigenvalue weighted by Crippen LogP contribution is -2.41. The van der Waals surface area contributed by atoms with Crippen molar-refractivity contribution in [3.8, 4) is 0 Å². The van der Waals surface area contributed by atoms with Gasteiger partial charge in [-0.1, -0.05) is 6.07 Å². The Kier molecular flexibility index (Phi) is 5.15. The van der Waals surface area contributed by atoms with Crippen LogP contribution in [0.5, 0.6) is 0 Å². The molecule has 0 spiro atoms. The minimum absolute atomic E-state index is 0.180. The first-order valence-electron chi connectivity index (χ1n) is 5.76. The van der Waals surface area contributed by atoms with E-state index in [1.165, 1.54) is 18.2 Å². The summed E-state index contributed by atoms with van der Waals surface area (Å²) in [5, 5.41) is 30.6. The van der Waals surface area contributed by atoms with Crippen molar-refractivity contribution >= 4 is 17.6 Å². The highest BCUT2D eigenvalue weighted by atomic mass is 16.6. The molecular formula is C12H14N2O6. The summed E-state index contributed by atoms with van der Waals surface area (Å²) in [6.07, 6.45) is -0.180. The van der Waals surface area contributed by atoms with Crippen molar-refractivity contribution in [2.75, 3.05) is 6.61 Å². The summed E-state index contributed by atoms with van der Waals surface area (Å²) in [6, 6.07) is 2.68. The molecule has 1 aromatic carbocycles. The van der Waals surface area contributed by atoms with E-state index < -0.39 is 35.1 Å². The van der Waals surface area contributed by atoms with Crippen molar-refractivity contribution in [1.82, 2.24) is 5.32 Å². The third kappa shape index (κ3) is 3.75. The average molecular weight is 282 g/mol. The Morgan fingerprint density at radius 1 is 1.45 bits per heavy atom. The normalized spacial score (nSPS) is 11.7. The SMILES string of the molecule is Cc1ccc([N+](=O)[O-])c(C(=O)N[C@@H](CCO)C(=O)O)c1. The Bertz CT molecular complexity index is 543. The predicted octanol–water partition coefficient (Wildman–Crippen LogP) is 0.469. The maximum atomic E-state index is 12.0. The number of nitro groups is 1. The fraction of sp³-hybridized carbons (Fsp3) is 0.333. The number of hydrogen-bond donors (Lipinski definition) is 3. The van der Waals surface area contributed by atoms with E-state index in [1.807, 2.05) is 0 Å². The number of hydrogen-bond acceptors (Lipinski definition) is 5. The van der Waals surface area contributed by atoms with Crippen LogP contribution in [-0.2, 0) is 4.79 Å². The van der Waals surface area contributed by atoms with E-state index in [2.05, 4.69) is 5.32 Å². The van der Waals surface area contributed by atoms with Crippen molar-refractivity contribution in [3.05, 3.63) is 39.4 Å². The molecule has 20 heavy (non-hydrogen) atoms. The highest BCUT2D eigenvalue weighted by molar-refractivity contribution is 6.00. The van der Waals surface area contributed by atoms with Crippen molar-refractivity contribution < 1.29 is 24.7 Å². The number of nitrogens with one attached hydrogen (secondary N) is 1. The number of rotatable bonds is 6. The quantitative estimate of drug-likeness (QED) is 0.513. The summed E-state index contributed by atoms with van der Waals surface area (Å²) < 4.78 is 0. The largest absolute Gasteiger partial charge is 0.480 e. The van der Waals surface area contributed by atoms with Gasteiger partial charge >= 0.3 is 5.97 Å². The van der Waals surface area contributed by atoms with Crippen LogP contribution in [0.25, 0.3) is 0 Å². The lowest BCUT2D eigenvalue weighted by Gasteiger charge is -2.13. The molecule has 3 N–H and O–H groups in total. The zero-order chi connectivity index (χ0) is 15.3. The van der Waals surface area contributed by atoms with E-state index in [0.717, 1.165) is 0 Å². The van der Waals surface area contributed by atoms with Crippen molar-refractivity contribution in [2.24, 2.45) is 0 Å². The topological polar surface area (TPSA) is 130 Å². The second kappa shape index (κ2) is 6.62. The Hall–Kier alpha value is -2.48. The van der Waals surface area contributed by atoms with Crippen LogP contribution < -0.4 is 5.32 Å². The van der Waals surface area contributed by atoms with Gasteiger partial charge < -0.3 is 15.5 Å². The number of aliphatic carboxylic acids is 1. The van der Waals surface area contributed by atoms with Crippen LogP contribution in [0.3, 0.4) is 0 Å². The summed E-state index contributed by atoms with van der Waals surface area (Å²) >= 11 is 0. The number of aryl methyl sites for hydroxylation is 1. The number of nitro benzene ring substituents is 1. The van der Waals surface area contributed by atoms with Gasteiger partial charge in [0.2, 0.25) is 0 Å². The minimum Gasteiger partial charge on any atom is -0.480 e. The zero-order valence-corrected chi connectivity index (χ0v) is 10.7. The van der Waals surface area contributed by atoms with Crippen LogP contribution >= 0.6 is 0 Å². The number of carbonyl (C=O) groups excluding carboxylic acids is 1. The molecule has 0 bridgehead atoms. The van der Waals surface area contributed by atoms with Crippen LogP contribution in [0.15, 0.2) is 18.2 Å². The summed E-state index contributed by atoms with van der Waals surface area (Å²) in [7, 11) is 0. The highest BCUT2D eigenvalue weighted by Crippen LogP contribution is 2.19. The molecule has 0 heterocycles. The van der Waals surface area contributed by atoms with Crippen LogP contribution in [0, 0.1) is 17.0 Å². The van der Waals surface area contributed by atoms with Gasteiger partial charge in [-0.05, 0) is 18.6 Å². The molecule has 1 amide bonds. The van der Waals surface area contributed by atoms with E-state index in [0.29, 0.717) is 5.56 Å². The third-order valence-corrected chi connectivity index (χ3v) is 2.61. The molecule has 8 heteroatoms. The molecule has 1 aromatic rings. The minimum atomic E-state index is -1.32. The second-order valence-corrected chi connectivity index (χ2v) is 4.15. The van der Waals surface area contributed by atoms with Gasteiger partial charge in [-0.15, -0.1) is 0 Å². The van der Waals surface area contributed by atoms with E-state index in [9.17, 15) is 19.7 Å². The molecule has 0 aliphatic carbocycles. The Morgan fingerprint density at radius 2 is 2.10 bits per heavy atom. The van der Waals surface area contributed by atoms with E-state index in [1.54, 1.807) is 6.92 Å². The first-order valence-corrected chi connectivity index (χ1v) is 5.76. The molecule has 0 radical (unpaired) electrons. The fourth-order valence-corrected chi connectivity index (χ4v) is 1.61. The highest BCUT2D eigenvalue weighted by Gasteiger charge is 2.25. The molecule has 0 aliphatic heterocycles. The zero-order valence-electron chi connectivity index (χ0n) is 10.7. The van der Waals surface area contributed by atoms with Gasteiger partial charge in [-0.25, -0.2) is 4.79 Å². The van der Waals surface area contributed by atoms with Crippen LogP contribution in [0.1, 0.15) is 22.3 Å². The standard InChI is InChI=1S/C12H14N2O6/c1-7-2-3-10(14(19)20)8(6-7)11(16)13-9(4-5-15)12(17)18/h2-3,6,9,15H,4-5H2,1H3,(H,13,16)(H,17,18)/t9-/m0/s1. The molecule has 0 unspecified atom stereocenters. The van der Waals surface area contributed by atoms with Gasteiger partial charge in [0, 0.05) is 19.1 Å². The summed E-state index contributed by atoms with van der Waals surface area (Å²) in [6.45, 7) is 1.23. The van der Waals surface area contributed by atoms with Crippen LogP contribution in [-0.4, -0.2) is 39.7 Å². The number of benzene rings is 1. The van der Waals surface area contributed by atoms with E-state index >= 15 is 0 Å². The smallest absolute Gasteiger partial charge is 0.326 e. The van der Waals surface area contributed by atoms with Crippen molar-refractivity contribution in [2.45, 2.75) is 19.4 Å². The number of aliphatic hydroxyl groups excluding tert-OH is 1. The molecule has 1 rings (SSSR count). The number of carboxylic acid groups (broad SMARTS) is 1. The van der Waals surface area contributed by atoms with Gasteiger partial charge in [-0.3, -0.25) is 14.9 Å². The number of amides is 1. The molecule has 1 atom stereocenters. The molecule has 0 aliphatic rings. The predicted molar refractivity (Wildman–Crippen MR) is 68.4 cm³/mol. The lowest BCUT2D eigenvalue weighted by molar-refractivity contribution is -0.385. The van der Waals surface area contributed by atoms with Crippen LogP contribution in [0.4, 0.5) is 5.69 Å². The molecule has 108 valence electrons. The van der Waals surface area contributed by atoms with Gasteiger partial charge in [0.05, 0.1) is 4.92 Å². The molecule has 8 nitrogen and oxygen atoms in total. The Labute approximate surface area is 114 Å². The number of carbonyl (C=O) groups is 2. The lowest BCUT2D eigenvalue weighted by atomic mass is 10.1. The Morgan fingerprint density at radius 3 is 2.60 bits per heavy atom. The second-order valence-electron chi connectivity index (χ2n) is 4.15. The first kappa shape index (κ1) is 15.6. The molecule has 0 saturated heterocycles. The maximum Gasteiger partial charge on any atom is 0.326 e. The molecular weight excluding hydrogens is 268 g/mol. The number of carboxylic acids is 1. The fourth-order valence-electron chi connectivity index (χ4n) is 1.61. The van der Waals surface area contributed by atoms with E-state index in [4.69, 9.17) is 10.2 Å². The van der Waals surface area contributed by atoms with Crippen molar-refractivity contribution in [1.29, 1.82) is 0 Å². The third-order valence-electron chi connectivity index (χ3n) is 2.61. The maximum absolute atomic E-state index is 12.0. The molecule has 0 aromatic heterocycles. The molecule has 0 fully saturated rings. The van der Waals surface area contributed by atoms with Gasteiger partial charge in [0.25, 0.3) is 11.6 Å². The summed E-state index contributed by atoms with van der Waals surface area (Å²) in [5.41, 5.74) is 0.0233. The number of nitrogens with zero attached hydrogens (tertiary/aromatic N) is 1. The number of aliphatic hydroxyl groups is 1. The van der Waals surface area contributed by atoms with E-state index in [-0.39, 0.29) is 12.0 Å². The molecule has 0 saturated carbocycles. The average Bonchev–Trinajstić information content (AvgIpc) is 2.37. The van der Waals surface area contributed by atoms with Crippen LogP contribution in [0.2, 0.25) is 0 Å². The van der Waals surface area contributed by atoms with Gasteiger partial charge in [0.1, 0.15) is 11.6 Å². The first-order chi connectivity index (χ1) is 9.36. The van der Waals surface area contributed by atoms with Crippen molar-refractivity contribution in [3.63, 3.8) is 0 Å². The summed E-state index contributed by atoms with van der Waals surface area (Å²) in [5.74, 6) is -2.18. The summed E-state index contributed by atoms with van der Waals surface area (Å²) in [4.78, 5) is 33.0. The van der Waals surface area contributed by atoms with Gasteiger partial charge in [-0.2, -0.15) is 0 Å². The Balaban J connectivity index is 3.05. The van der Waals surface area contributed by atoms with Gasteiger partial charge in [0.15, 0.2) is 0 Å².